The van der Waals surface area contributed by atoms with Crippen LogP contribution < -0.4 is 14.8 Å². The molecule has 1 atom stereocenters. The molecule has 0 fully saturated rings. The molecule has 1 aromatic rings. The fourth-order valence-corrected chi connectivity index (χ4v) is 1.75. The Bertz CT molecular complexity index is 486. The van der Waals surface area contributed by atoms with E-state index in [0.29, 0.717) is 23.5 Å². The number of aliphatic carboxylic acids is 1. The third-order valence-electron chi connectivity index (χ3n) is 2.89. The van der Waals surface area contributed by atoms with Crippen molar-refractivity contribution >= 4 is 11.9 Å². The van der Waals surface area contributed by atoms with Gasteiger partial charge in [-0.05, 0) is 12.5 Å². The Kier molecular flexibility index (Phi) is 5.83. The lowest BCUT2D eigenvalue weighted by Crippen LogP contribution is -2.41. The molecule has 2 N–H and O–H groups in total. The molecule has 0 bridgehead atoms. The van der Waals surface area contributed by atoms with Gasteiger partial charge in [0.15, 0.2) is 0 Å². The lowest BCUT2D eigenvalue weighted by Gasteiger charge is -2.14. The van der Waals surface area contributed by atoms with Gasteiger partial charge in [0.2, 0.25) is 5.91 Å². The standard InChI is InChI=1S/C14H19NO5/c1-4-11(14(17)18)15-13(16)7-9-5-6-10(19-2)8-12(9)20-3/h5-6,8,11H,4,7H2,1-3H3,(H,15,16)(H,17,18)/t11-/m0/s1. The maximum Gasteiger partial charge on any atom is 0.326 e. The van der Waals surface area contributed by atoms with Gasteiger partial charge in [0.1, 0.15) is 17.5 Å². The molecule has 0 aromatic heterocycles. The van der Waals surface area contributed by atoms with Crippen LogP contribution in [0.4, 0.5) is 0 Å². The molecule has 0 saturated heterocycles. The summed E-state index contributed by atoms with van der Waals surface area (Å²) >= 11 is 0. The summed E-state index contributed by atoms with van der Waals surface area (Å²) in [7, 11) is 3.04. The van der Waals surface area contributed by atoms with Crippen LogP contribution in [0.1, 0.15) is 18.9 Å². The van der Waals surface area contributed by atoms with Crippen LogP contribution in [0.15, 0.2) is 18.2 Å². The van der Waals surface area contributed by atoms with Crippen LogP contribution >= 0.6 is 0 Å². The van der Waals surface area contributed by atoms with Crippen LogP contribution in [0.2, 0.25) is 0 Å². The minimum atomic E-state index is -1.04. The van der Waals surface area contributed by atoms with Gasteiger partial charge in [0.25, 0.3) is 0 Å². The molecule has 0 saturated carbocycles. The Labute approximate surface area is 117 Å². The number of benzene rings is 1. The lowest BCUT2D eigenvalue weighted by molar-refractivity contribution is -0.141. The molecular weight excluding hydrogens is 262 g/mol. The Morgan fingerprint density at radius 1 is 1.30 bits per heavy atom. The van der Waals surface area contributed by atoms with E-state index in [4.69, 9.17) is 14.6 Å². The van der Waals surface area contributed by atoms with Crippen LogP contribution in [-0.2, 0) is 16.0 Å². The zero-order valence-corrected chi connectivity index (χ0v) is 11.8. The van der Waals surface area contributed by atoms with Gasteiger partial charge in [-0.15, -0.1) is 0 Å². The predicted octanol–water partition coefficient (Wildman–Crippen LogP) is 1.23. The molecule has 1 amide bonds. The van der Waals surface area contributed by atoms with Crippen LogP contribution in [0, 0.1) is 0 Å². The number of methoxy groups -OCH3 is 2. The Morgan fingerprint density at radius 3 is 2.50 bits per heavy atom. The molecule has 0 radical (unpaired) electrons. The van der Waals surface area contributed by atoms with E-state index in [1.165, 1.54) is 7.11 Å². The Hall–Kier alpha value is -2.24. The highest BCUT2D eigenvalue weighted by atomic mass is 16.5. The van der Waals surface area contributed by atoms with Gasteiger partial charge >= 0.3 is 5.97 Å². The van der Waals surface area contributed by atoms with Crippen molar-refractivity contribution in [3.05, 3.63) is 23.8 Å². The summed E-state index contributed by atoms with van der Waals surface area (Å²) < 4.78 is 10.3. The van der Waals surface area contributed by atoms with Crippen LogP contribution in [0.25, 0.3) is 0 Å². The number of ether oxygens (including phenoxy) is 2. The molecule has 0 unspecified atom stereocenters. The number of carbonyl (C=O) groups excluding carboxylic acids is 1. The monoisotopic (exact) mass is 281 g/mol. The highest BCUT2D eigenvalue weighted by molar-refractivity contribution is 5.85. The first-order valence-corrected chi connectivity index (χ1v) is 6.24. The summed E-state index contributed by atoms with van der Waals surface area (Å²) in [6.45, 7) is 1.70. The quantitative estimate of drug-likeness (QED) is 0.785. The van der Waals surface area contributed by atoms with E-state index >= 15 is 0 Å². The SMILES string of the molecule is CC[C@H](NC(=O)Cc1ccc(OC)cc1OC)C(=O)O. The molecule has 0 heterocycles. The molecule has 0 aliphatic rings. The van der Waals surface area contributed by atoms with Gasteiger partial charge in [0.05, 0.1) is 20.6 Å². The smallest absolute Gasteiger partial charge is 0.326 e. The topological polar surface area (TPSA) is 84.9 Å². The number of carboxylic acids is 1. The third kappa shape index (κ3) is 4.15. The van der Waals surface area contributed by atoms with Gasteiger partial charge in [-0.3, -0.25) is 4.79 Å². The van der Waals surface area contributed by atoms with E-state index in [1.807, 2.05) is 0 Å². The van der Waals surface area contributed by atoms with E-state index in [-0.39, 0.29) is 12.3 Å². The summed E-state index contributed by atoms with van der Waals surface area (Å²) in [4.78, 5) is 22.7. The van der Waals surface area contributed by atoms with Gasteiger partial charge < -0.3 is 19.9 Å². The predicted molar refractivity (Wildman–Crippen MR) is 73.1 cm³/mol. The number of carboxylic acid groups (broad SMARTS) is 1. The Morgan fingerprint density at radius 2 is 2.00 bits per heavy atom. The van der Waals surface area contributed by atoms with Gasteiger partial charge in [-0.1, -0.05) is 13.0 Å². The fraction of sp³-hybridized carbons (Fsp3) is 0.429. The second-order valence-corrected chi connectivity index (χ2v) is 4.22. The summed E-state index contributed by atoms with van der Waals surface area (Å²) in [5, 5.41) is 11.4. The molecule has 6 nitrogen and oxygen atoms in total. The number of nitrogens with one attached hydrogen (secondary N) is 1. The van der Waals surface area contributed by atoms with E-state index in [0.717, 1.165) is 0 Å². The fourth-order valence-electron chi connectivity index (χ4n) is 1.75. The van der Waals surface area contributed by atoms with Gasteiger partial charge in [-0.25, -0.2) is 4.79 Å². The molecule has 1 aromatic carbocycles. The first-order chi connectivity index (χ1) is 9.51. The lowest BCUT2D eigenvalue weighted by atomic mass is 10.1. The van der Waals surface area contributed by atoms with Crippen LogP contribution in [0.5, 0.6) is 11.5 Å². The minimum Gasteiger partial charge on any atom is -0.497 e. The molecule has 0 aliphatic carbocycles. The normalized spacial score (nSPS) is 11.6. The van der Waals surface area contributed by atoms with Crippen molar-refractivity contribution in [2.24, 2.45) is 0 Å². The highest BCUT2D eigenvalue weighted by Crippen LogP contribution is 2.24. The second kappa shape index (κ2) is 7.37. The van der Waals surface area contributed by atoms with E-state index < -0.39 is 12.0 Å². The molecule has 1 rings (SSSR count). The van der Waals surface area contributed by atoms with Crippen LogP contribution in [-0.4, -0.2) is 37.2 Å². The molecule has 110 valence electrons. The Balaban J connectivity index is 2.77. The number of rotatable bonds is 7. The van der Waals surface area contributed by atoms with Crippen molar-refractivity contribution in [2.45, 2.75) is 25.8 Å². The average molecular weight is 281 g/mol. The van der Waals surface area contributed by atoms with E-state index in [2.05, 4.69) is 5.32 Å². The van der Waals surface area contributed by atoms with Crippen molar-refractivity contribution in [2.75, 3.05) is 14.2 Å². The van der Waals surface area contributed by atoms with Crippen molar-refractivity contribution in [3.63, 3.8) is 0 Å². The summed E-state index contributed by atoms with van der Waals surface area (Å²) in [6.07, 6.45) is 0.387. The van der Waals surface area contributed by atoms with Crippen molar-refractivity contribution < 1.29 is 24.2 Å². The molecular formula is C14H19NO5. The summed E-state index contributed by atoms with van der Waals surface area (Å²) in [5.74, 6) is -0.240. The zero-order valence-electron chi connectivity index (χ0n) is 11.8. The second-order valence-electron chi connectivity index (χ2n) is 4.22. The first-order valence-electron chi connectivity index (χ1n) is 6.24. The average Bonchev–Trinajstić information content (AvgIpc) is 2.44. The summed E-state index contributed by atoms with van der Waals surface area (Å²) in [6, 6.07) is 4.25. The number of carbonyl (C=O) groups is 2. The molecule has 0 spiro atoms. The molecule has 6 heteroatoms. The zero-order chi connectivity index (χ0) is 15.1. The minimum absolute atomic E-state index is 0.0525. The molecule has 20 heavy (non-hydrogen) atoms. The van der Waals surface area contributed by atoms with Crippen molar-refractivity contribution in [1.82, 2.24) is 5.32 Å². The van der Waals surface area contributed by atoms with Crippen molar-refractivity contribution in [3.8, 4) is 11.5 Å². The highest BCUT2D eigenvalue weighted by Gasteiger charge is 2.18. The van der Waals surface area contributed by atoms with E-state index in [1.54, 1.807) is 32.2 Å². The first kappa shape index (κ1) is 15.8. The summed E-state index contributed by atoms with van der Waals surface area (Å²) in [5.41, 5.74) is 0.672. The van der Waals surface area contributed by atoms with Gasteiger partial charge in [-0.2, -0.15) is 0 Å². The maximum atomic E-state index is 11.8. The third-order valence-corrected chi connectivity index (χ3v) is 2.89. The van der Waals surface area contributed by atoms with Gasteiger partial charge in [0, 0.05) is 11.6 Å². The van der Waals surface area contributed by atoms with Crippen molar-refractivity contribution in [1.29, 1.82) is 0 Å². The maximum absolute atomic E-state index is 11.8. The number of amides is 1. The van der Waals surface area contributed by atoms with E-state index in [9.17, 15) is 9.59 Å². The largest absolute Gasteiger partial charge is 0.497 e. The molecule has 0 aliphatic heterocycles. The number of hydrogen-bond acceptors (Lipinski definition) is 4. The van der Waals surface area contributed by atoms with Crippen LogP contribution in [0.3, 0.4) is 0 Å². The number of hydrogen-bond donors (Lipinski definition) is 2.